The Bertz CT molecular complexity index is 758. The Labute approximate surface area is 149 Å². The number of hydrogen-bond donors (Lipinski definition) is 1. The summed E-state index contributed by atoms with van der Waals surface area (Å²) < 4.78 is 5.03. The van der Waals surface area contributed by atoms with Gasteiger partial charge in [0.25, 0.3) is 5.91 Å². The normalized spacial score (nSPS) is 15.0. The molecule has 0 aromatic heterocycles. The van der Waals surface area contributed by atoms with Crippen LogP contribution in [0.1, 0.15) is 24.2 Å². The number of likely N-dealkylation sites (N-methyl/N-ethyl adjacent to an activating group) is 1. The van der Waals surface area contributed by atoms with Crippen molar-refractivity contribution in [3.63, 3.8) is 0 Å². The van der Waals surface area contributed by atoms with E-state index in [9.17, 15) is 24.0 Å². The molecule has 1 N–H and O–H groups in total. The number of anilines is 1. The number of imide groups is 1. The number of nitrogens with one attached hydrogen (secondary N) is 1. The fourth-order valence-electron chi connectivity index (χ4n) is 2.40. The van der Waals surface area contributed by atoms with Gasteiger partial charge in [-0.2, -0.15) is 0 Å². The number of hydrogen-bond acceptors (Lipinski definition) is 6. The average Bonchev–Trinajstić information content (AvgIpc) is 2.80. The van der Waals surface area contributed by atoms with Crippen molar-refractivity contribution in [1.29, 1.82) is 0 Å². The second-order valence-corrected chi connectivity index (χ2v) is 5.87. The lowest BCUT2D eigenvalue weighted by atomic mass is 10.1. The zero-order valence-electron chi connectivity index (χ0n) is 14.6. The number of benzene rings is 1. The van der Waals surface area contributed by atoms with Gasteiger partial charge in [-0.3, -0.25) is 24.1 Å². The van der Waals surface area contributed by atoms with Crippen LogP contribution in [-0.2, 0) is 19.1 Å². The van der Waals surface area contributed by atoms with E-state index in [-0.39, 0.29) is 12.5 Å². The van der Waals surface area contributed by atoms with Gasteiger partial charge in [-0.05, 0) is 31.2 Å². The fourth-order valence-corrected chi connectivity index (χ4v) is 2.40. The molecule has 1 aliphatic rings. The summed E-state index contributed by atoms with van der Waals surface area (Å²) in [6, 6.07) is 5.53. The second-order valence-electron chi connectivity index (χ2n) is 5.87. The van der Waals surface area contributed by atoms with Gasteiger partial charge >= 0.3 is 12.0 Å². The number of Topliss-reactive ketones (excluding diaryl/α,β-unsaturated/α-hetero) is 1. The largest absolute Gasteiger partial charge is 0.453 e. The molecule has 9 nitrogen and oxygen atoms in total. The van der Waals surface area contributed by atoms with Crippen LogP contribution in [-0.4, -0.2) is 65.6 Å². The van der Waals surface area contributed by atoms with Crippen molar-refractivity contribution in [1.82, 2.24) is 9.80 Å². The molecule has 9 heteroatoms. The molecular weight excluding hydrogens is 342 g/mol. The predicted octanol–water partition coefficient (Wildman–Crippen LogP) is 0.653. The van der Waals surface area contributed by atoms with Gasteiger partial charge < -0.3 is 15.0 Å². The fraction of sp³-hybridized carbons (Fsp3) is 0.353. The standard InChI is InChI=1S/C17H19N3O6/c1-10(16(24)12-4-6-13(7-5-12)18-11(2)21)26-15(23)9-20-14(22)8-19(3)17(20)25/h4-7,10H,8-9H2,1-3H3,(H,18,21)/t10-/m0/s1. The second kappa shape index (κ2) is 7.77. The van der Waals surface area contributed by atoms with E-state index in [1.54, 1.807) is 12.1 Å². The van der Waals surface area contributed by atoms with E-state index in [4.69, 9.17) is 4.74 Å². The molecule has 0 saturated carbocycles. The molecule has 0 bridgehead atoms. The predicted molar refractivity (Wildman–Crippen MR) is 90.4 cm³/mol. The molecule has 4 amide bonds. The lowest BCUT2D eigenvalue weighted by Gasteiger charge is -2.16. The molecule has 1 aromatic carbocycles. The summed E-state index contributed by atoms with van der Waals surface area (Å²) >= 11 is 0. The summed E-state index contributed by atoms with van der Waals surface area (Å²) in [6.07, 6.45) is -1.08. The van der Waals surface area contributed by atoms with Gasteiger partial charge in [-0.25, -0.2) is 4.79 Å². The molecule has 1 fully saturated rings. The first-order valence-corrected chi connectivity index (χ1v) is 7.86. The van der Waals surface area contributed by atoms with Gasteiger partial charge in [0.15, 0.2) is 6.10 Å². The quantitative estimate of drug-likeness (QED) is 0.452. The molecule has 2 rings (SSSR count). The summed E-state index contributed by atoms with van der Waals surface area (Å²) in [5.74, 6) is -2.02. The summed E-state index contributed by atoms with van der Waals surface area (Å²) in [5.41, 5.74) is 0.835. The molecule has 138 valence electrons. The third-order valence-corrected chi connectivity index (χ3v) is 3.69. The third-order valence-electron chi connectivity index (χ3n) is 3.69. The highest BCUT2D eigenvalue weighted by atomic mass is 16.5. The van der Waals surface area contributed by atoms with Gasteiger partial charge in [0.2, 0.25) is 11.7 Å². The summed E-state index contributed by atoms with van der Waals surface area (Å²) in [5, 5.41) is 2.58. The van der Waals surface area contributed by atoms with Crippen molar-refractivity contribution >= 4 is 35.3 Å². The van der Waals surface area contributed by atoms with Crippen LogP contribution in [0, 0.1) is 0 Å². The Hall–Kier alpha value is -3.23. The molecule has 0 radical (unpaired) electrons. The number of amides is 4. The van der Waals surface area contributed by atoms with Crippen molar-refractivity contribution in [2.75, 3.05) is 25.5 Å². The maximum absolute atomic E-state index is 12.3. The molecule has 0 unspecified atom stereocenters. The molecule has 1 aromatic rings. The van der Waals surface area contributed by atoms with Crippen molar-refractivity contribution in [3.05, 3.63) is 29.8 Å². The first kappa shape index (κ1) is 19.1. The zero-order chi connectivity index (χ0) is 19.4. The van der Waals surface area contributed by atoms with Crippen LogP contribution >= 0.6 is 0 Å². The van der Waals surface area contributed by atoms with Gasteiger partial charge in [-0.1, -0.05) is 0 Å². The molecule has 26 heavy (non-hydrogen) atoms. The number of esters is 1. The summed E-state index contributed by atoms with van der Waals surface area (Å²) in [6.45, 7) is 2.14. The van der Waals surface area contributed by atoms with Crippen LogP contribution in [0.15, 0.2) is 24.3 Å². The number of urea groups is 1. The smallest absolute Gasteiger partial charge is 0.327 e. The van der Waals surface area contributed by atoms with Crippen LogP contribution in [0.3, 0.4) is 0 Å². The molecule has 1 heterocycles. The highest BCUT2D eigenvalue weighted by molar-refractivity contribution is 6.04. The van der Waals surface area contributed by atoms with Crippen LogP contribution in [0.2, 0.25) is 0 Å². The van der Waals surface area contributed by atoms with E-state index < -0.39 is 36.3 Å². The van der Waals surface area contributed by atoms with E-state index in [2.05, 4.69) is 5.32 Å². The van der Waals surface area contributed by atoms with Gasteiger partial charge in [0, 0.05) is 25.2 Å². The lowest BCUT2D eigenvalue weighted by molar-refractivity contribution is -0.149. The lowest BCUT2D eigenvalue weighted by Crippen LogP contribution is -2.38. The Morgan fingerprint density at radius 1 is 1.19 bits per heavy atom. The number of ether oxygens (including phenoxy) is 1. The van der Waals surface area contributed by atoms with Crippen LogP contribution < -0.4 is 5.32 Å². The Kier molecular flexibility index (Phi) is 5.71. The minimum Gasteiger partial charge on any atom is -0.453 e. The molecule has 1 atom stereocenters. The van der Waals surface area contributed by atoms with Crippen molar-refractivity contribution < 1.29 is 28.7 Å². The zero-order valence-corrected chi connectivity index (χ0v) is 14.6. The van der Waals surface area contributed by atoms with E-state index in [1.807, 2.05) is 0 Å². The van der Waals surface area contributed by atoms with Crippen molar-refractivity contribution in [3.8, 4) is 0 Å². The Morgan fingerprint density at radius 3 is 2.31 bits per heavy atom. The number of nitrogens with zero attached hydrogens (tertiary/aromatic N) is 2. The molecule has 1 aliphatic heterocycles. The Morgan fingerprint density at radius 2 is 1.81 bits per heavy atom. The van der Waals surface area contributed by atoms with Crippen LogP contribution in [0.4, 0.5) is 10.5 Å². The van der Waals surface area contributed by atoms with E-state index in [0.717, 1.165) is 4.90 Å². The molecule has 0 aliphatic carbocycles. The van der Waals surface area contributed by atoms with Crippen molar-refractivity contribution in [2.45, 2.75) is 20.0 Å². The molecule has 0 spiro atoms. The highest BCUT2D eigenvalue weighted by Gasteiger charge is 2.35. The first-order valence-electron chi connectivity index (χ1n) is 7.86. The van der Waals surface area contributed by atoms with Gasteiger partial charge in [-0.15, -0.1) is 0 Å². The van der Waals surface area contributed by atoms with Crippen molar-refractivity contribution in [2.24, 2.45) is 0 Å². The average molecular weight is 361 g/mol. The van der Waals surface area contributed by atoms with Crippen LogP contribution in [0.25, 0.3) is 0 Å². The number of rotatable bonds is 6. The van der Waals surface area contributed by atoms with Gasteiger partial charge in [0.1, 0.15) is 13.1 Å². The SMILES string of the molecule is CC(=O)Nc1ccc(C(=O)[C@H](C)OC(=O)CN2C(=O)CN(C)C2=O)cc1. The topological polar surface area (TPSA) is 113 Å². The minimum absolute atomic E-state index is 0.0960. The number of carbonyl (C=O) groups is 5. The highest BCUT2D eigenvalue weighted by Crippen LogP contribution is 2.13. The molecule has 1 saturated heterocycles. The number of carbonyl (C=O) groups excluding carboxylic acids is 5. The number of ketones is 1. The summed E-state index contributed by atoms with van der Waals surface area (Å²) in [7, 11) is 1.45. The Balaban J connectivity index is 1.94. The first-order chi connectivity index (χ1) is 12.2. The van der Waals surface area contributed by atoms with E-state index in [0.29, 0.717) is 11.3 Å². The maximum atomic E-state index is 12.3. The monoisotopic (exact) mass is 361 g/mol. The summed E-state index contributed by atoms with van der Waals surface area (Å²) in [4.78, 5) is 60.5. The van der Waals surface area contributed by atoms with E-state index >= 15 is 0 Å². The maximum Gasteiger partial charge on any atom is 0.327 e. The van der Waals surface area contributed by atoms with Gasteiger partial charge in [0.05, 0.1) is 0 Å². The minimum atomic E-state index is -1.08. The van der Waals surface area contributed by atoms with Crippen LogP contribution in [0.5, 0.6) is 0 Å². The third kappa shape index (κ3) is 4.44. The van der Waals surface area contributed by atoms with E-state index in [1.165, 1.54) is 37.9 Å². The molecular formula is C17H19N3O6.